The van der Waals surface area contributed by atoms with Gasteiger partial charge >= 0.3 is 0 Å². The van der Waals surface area contributed by atoms with Crippen LogP contribution in [0.4, 0.5) is 11.4 Å². The molecule has 31 heavy (non-hydrogen) atoms. The largest absolute Gasteiger partial charge is 0.453 e. The number of aromatic nitrogens is 1. The van der Waals surface area contributed by atoms with Crippen LogP contribution in [0.2, 0.25) is 5.02 Å². The van der Waals surface area contributed by atoms with E-state index < -0.39 is 0 Å². The van der Waals surface area contributed by atoms with Crippen LogP contribution in [0.5, 0.6) is 0 Å². The van der Waals surface area contributed by atoms with Gasteiger partial charge in [-0.15, -0.1) is 0 Å². The summed E-state index contributed by atoms with van der Waals surface area (Å²) >= 11 is 6.36. The standard InChI is InChI=1S/C26H22ClN3O/c1-3-30(4-2)17-13-14-22-24(15-17)31-25-16-23(28-21-12-8-7-11-20(21)27)18-9-5-6-10-19(18)26(25)29-22/h5-16H,3-4H2,1-2H3. The molecule has 0 unspecified atom stereocenters. The zero-order valence-electron chi connectivity index (χ0n) is 17.5. The highest BCUT2D eigenvalue weighted by molar-refractivity contribution is 6.32. The Morgan fingerprint density at radius 2 is 1.65 bits per heavy atom. The number of rotatable bonds is 4. The molecule has 0 saturated carbocycles. The second kappa shape index (κ2) is 8.05. The van der Waals surface area contributed by atoms with Crippen LogP contribution in [-0.4, -0.2) is 18.1 Å². The van der Waals surface area contributed by atoms with Gasteiger partial charge in [-0.05, 0) is 38.1 Å². The Hall–Kier alpha value is -3.37. The van der Waals surface area contributed by atoms with Gasteiger partial charge in [0.25, 0.3) is 0 Å². The Bertz CT molecular complexity index is 1440. The molecule has 0 atom stereocenters. The van der Waals surface area contributed by atoms with Gasteiger partial charge in [-0.3, -0.25) is 0 Å². The molecule has 1 aliphatic carbocycles. The van der Waals surface area contributed by atoms with Gasteiger partial charge in [0.05, 0.1) is 16.1 Å². The first-order chi connectivity index (χ1) is 15.2. The maximum Gasteiger partial charge on any atom is 0.155 e. The summed E-state index contributed by atoms with van der Waals surface area (Å²) in [5.41, 5.74) is 4.28. The monoisotopic (exact) mass is 427 g/mol. The topological polar surface area (TPSA) is 41.6 Å². The summed E-state index contributed by atoms with van der Waals surface area (Å²) in [4.78, 5) is 12.1. The third kappa shape index (κ3) is 3.53. The summed E-state index contributed by atoms with van der Waals surface area (Å²) in [5, 5.41) is 3.44. The van der Waals surface area contributed by atoms with Gasteiger partial charge in [-0.2, -0.15) is 0 Å². The second-order valence-corrected chi connectivity index (χ2v) is 7.80. The number of benzene rings is 4. The van der Waals surface area contributed by atoms with Crippen molar-refractivity contribution in [2.75, 3.05) is 18.0 Å². The molecule has 2 aliphatic rings. The van der Waals surface area contributed by atoms with Crippen LogP contribution in [-0.2, 0) is 0 Å². The molecule has 0 aromatic heterocycles. The average Bonchev–Trinajstić information content (AvgIpc) is 2.80. The number of para-hydroxylation sites is 1. The van der Waals surface area contributed by atoms with Gasteiger partial charge in [0.1, 0.15) is 11.2 Å². The third-order valence-electron chi connectivity index (χ3n) is 5.58. The van der Waals surface area contributed by atoms with E-state index in [1.165, 1.54) is 0 Å². The SMILES string of the molecule is CCN(CC)c1ccc2nc3c4ccccc4c(=Nc4ccccc4Cl)cc-3oc2c1. The number of halogens is 1. The Morgan fingerprint density at radius 3 is 2.42 bits per heavy atom. The molecular formula is C26H22ClN3O. The van der Waals surface area contributed by atoms with Gasteiger partial charge < -0.3 is 9.32 Å². The van der Waals surface area contributed by atoms with Crippen LogP contribution in [0.3, 0.4) is 0 Å². The van der Waals surface area contributed by atoms with Crippen molar-refractivity contribution in [3.8, 4) is 11.5 Å². The van der Waals surface area contributed by atoms with Crippen LogP contribution < -0.4 is 10.3 Å². The molecule has 3 aromatic carbocycles. The molecule has 0 N–H and O–H groups in total. The fraction of sp³-hybridized carbons (Fsp3) is 0.154. The van der Waals surface area contributed by atoms with E-state index in [2.05, 4.69) is 43.0 Å². The quantitative estimate of drug-likeness (QED) is 0.233. The molecular weight excluding hydrogens is 406 g/mol. The smallest absolute Gasteiger partial charge is 0.155 e. The van der Waals surface area contributed by atoms with Crippen molar-refractivity contribution in [1.82, 2.24) is 4.98 Å². The van der Waals surface area contributed by atoms with Crippen LogP contribution in [0.25, 0.3) is 33.3 Å². The van der Waals surface area contributed by atoms with Crippen molar-refractivity contribution in [2.45, 2.75) is 13.8 Å². The molecule has 5 rings (SSSR count). The maximum atomic E-state index is 6.36. The Labute approximate surface area is 185 Å². The van der Waals surface area contributed by atoms with E-state index in [4.69, 9.17) is 26.0 Å². The molecule has 154 valence electrons. The first kappa shape index (κ1) is 19.6. The highest BCUT2D eigenvalue weighted by atomic mass is 35.5. The van der Waals surface area contributed by atoms with Gasteiger partial charge in [0.15, 0.2) is 11.3 Å². The van der Waals surface area contributed by atoms with Crippen molar-refractivity contribution in [3.05, 3.63) is 83.2 Å². The molecule has 0 amide bonds. The van der Waals surface area contributed by atoms with Crippen LogP contribution in [0.1, 0.15) is 13.8 Å². The third-order valence-corrected chi connectivity index (χ3v) is 5.90. The molecule has 0 spiro atoms. The molecule has 5 heteroatoms. The second-order valence-electron chi connectivity index (χ2n) is 7.39. The van der Waals surface area contributed by atoms with Crippen molar-refractivity contribution >= 4 is 44.8 Å². The minimum atomic E-state index is 0.615. The summed E-state index contributed by atoms with van der Waals surface area (Å²) in [7, 11) is 0. The number of hydrogen-bond acceptors (Lipinski definition) is 4. The zero-order valence-corrected chi connectivity index (χ0v) is 18.2. The molecule has 4 nitrogen and oxygen atoms in total. The lowest BCUT2D eigenvalue weighted by Gasteiger charge is -2.21. The summed E-state index contributed by atoms with van der Waals surface area (Å²) in [6, 6.07) is 23.9. The number of nitrogens with zero attached hydrogens (tertiary/aromatic N) is 3. The first-order valence-corrected chi connectivity index (χ1v) is 10.9. The lowest BCUT2D eigenvalue weighted by Crippen LogP contribution is -2.21. The Morgan fingerprint density at radius 1 is 0.903 bits per heavy atom. The number of fused-ring (bicyclic) bond motifs is 4. The summed E-state index contributed by atoms with van der Waals surface area (Å²) < 4.78 is 6.36. The van der Waals surface area contributed by atoms with Gasteiger partial charge in [-0.25, -0.2) is 9.98 Å². The minimum absolute atomic E-state index is 0.615. The van der Waals surface area contributed by atoms with E-state index in [1.807, 2.05) is 48.5 Å². The van der Waals surface area contributed by atoms with Crippen molar-refractivity contribution in [1.29, 1.82) is 0 Å². The van der Waals surface area contributed by atoms with Gasteiger partial charge in [-0.1, -0.05) is 48.0 Å². The Balaban J connectivity index is 1.81. The van der Waals surface area contributed by atoms with Crippen molar-refractivity contribution in [2.24, 2.45) is 4.99 Å². The summed E-state index contributed by atoms with van der Waals surface area (Å²) in [5.74, 6) is 0.703. The van der Waals surface area contributed by atoms with Gasteiger partial charge in [0, 0.05) is 41.7 Å². The molecule has 0 bridgehead atoms. The first-order valence-electron chi connectivity index (χ1n) is 10.5. The predicted octanol–water partition coefficient (Wildman–Crippen LogP) is 6.82. The van der Waals surface area contributed by atoms with Crippen molar-refractivity contribution in [3.63, 3.8) is 0 Å². The lowest BCUT2D eigenvalue weighted by atomic mass is 10.0. The Kier molecular flexibility index (Phi) is 5.08. The molecule has 0 radical (unpaired) electrons. The summed E-state index contributed by atoms with van der Waals surface area (Å²) in [6.45, 7) is 6.18. The van der Waals surface area contributed by atoms with E-state index >= 15 is 0 Å². The van der Waals surface area contributed by atoms with Crippen LogP contribution in [0.15, 0.2) is 82.2 Å². The van der Waals surface area contributed by atoms with Gasteiger partial charge in [0.2, 0.25) is 0 Å². The minimum Gasteiger partial charge on any atom is -0.453 e. The predicted molar refractivity (Wildman–Crippen MR) is 128 cm³/mol. The number of anilines is 1. The van der Waals surface area contributed by atoms with E-state index in [9.17, 15) is 0 Å². The highest BCUT2D eigenvalue weighted by Crippen LogP contribution is 2.32. The van der Waals surface area contributed by atoms with Crippen LogP contribution in [0, 0.1) is 0 Å². The average molecular weight is 428 g/mol. The number of hydrogen-bond donors (Lipinski definition) is 0. The molecule has 0 fully saturated rings. The lowest BCUT2D eigenvalue weighted by molar-refractivity contribution is 0.613. The van der Waals surface area contributed by atoms with E-state index in [0.29, 0.717) is 10.8 Å². The van der Waals surface area contributed by atoms with E-state index in [0.717, 1.165) is 57.4 Å². The van der Waals surface area contributed by atoms with Crippen LogP contribution >= 0.6 is 11.6 Å². The van der Waals surface area contributed by atoms with E-state index in [1.54, 1.807) is 0 Å². The molecule has 3 aromatic rings. The molecule has 1 aliphatic heterocycles. The molecule has 1 heterocycles. The summed E-state index contributed by atoms with van der Waals surface area (Å²) in [6.07, 6.45) is 0. The van der Waals surface area contributed by atoms with E-state index in [-0.39, 0.29) is 0 Å². The fourth-order valence-corrected chi connectivity index (χ4v) is 4.15. The normalized spacial score (nSPS) is 12.2. The van der Waals surface area contributed by atoms with Crippen molar-refractivity contribution < 1.29 is 4.42 Å². The zero-order chi connectivity index (χ0) is 21.4. The fourth-order valence-electron chi connectivity index (χ4n) is 3.98. The highest BCUT2D eigenvalue weighted by Gasteiger charge is 2.16. The molecule has 0 saturated heterocycles. The maximum absolute atomic E-state index is 6.36.